The molecule has 0 aromatic heterocycles. The molecule has 1 unspecified atom stereocenters. The Kier molecular flexibility index (Phi) is 2.41. The Balaban J connectivity index is 2.29. The van der Waals surface area contributed by atoms with Crippen LogP contribution < -0.4 is 11.1 Å². The second-order valence-electron chi connectivity index (χ2n) is 5.45. The molecule has 76 valence electrons. The van der Waals surface area contributed by atoms with Gasteiger partial charge in [0.15, 0.2) is 0 Å². The predicted molar refractivity (Wildman–Crippen MR) is 53.2 cm³/mol. The van der Waals surface area contributed by atoms with E-state index in [0.717, 1.165) is 6.42 Å². The molecule has 1 aliphatic rings. The van der Waals surface area contributed by atoms with Gasteiger partial charge in [0.2, 0.25) is 5.91 Å². The lowest BCUT2D eigenvalue weighted by Gasteiger charge is -2.19. The molecular formula is C10H20N2O. The molecule has 1 amide bonds. The van der Waals surface area contributed by atoms with Gasteiger partial charge in [0.05, 0.1) is 0 Å². The highest BCUT2D eigenvalue weighted by atomic mass is 16.2. The van der Waals surface area contributed by atoms with Crippen LogP contribution in [-0.2, 0) is 4.79 Å². The van der Waals surface area contributed by atoms with Crippen LogP contribution >= 0.6 is 0 Å². The molecule has 13 heavy (non-hydrogen) atoms. The second-order valence-corrected chi connectivity index (χ2v) is 5.45. The van der Waals surface area contributed by atoms with Gasteiger partial charge in [-0.3, -0.25) is 4.79 Å². The smallest absolute Gasteiger partial charge is 0.223 e. The molecular weight excluding hydrogens is 164 g/mol. The first-order valence-electron chi connectivity index (χ1n) is 4.79. The van der Waals surface area contributed by atoms with E-state index in [1.54, 1.807) is 0 Å². The summed E-state index contributed by atoms with van der Waals surface area (Å²) < 4.78 is 0. The highest BCUT2D eigenvalue weighted by Crippen LogP contribution is 2.51. The SMILES string of the molecule is CC(C)(N)CNC(=O)C1CC1(C)C. The van der Waals surface area contributed by atoms with Gasteiger partial charge in [-0.25, -0.2) is 0 Å². The zero-order chi connectivity index (χ0) is 10.3. The Bertz CT molecular complexity index is 215. The molecule has 0 aliphatic heterocycles. The van der Waals surface area contributed by atoms with Crippen LogP contribution in [0.5, 0.6) is 0 Å². The third-order valence-electron chi connectivity index (χ3n) is 2.55. The fourth-order valence-corrected chi connectivity index (χ4v) is 1.35. The minimum Gasteiger partial charge on any atom is -0.354 e. The van der Waals surface area contributed by atoms with Gasteiger partial charge in [-0.15, -0.1) is 0 Å². The number of nitrogens with two attached hydrogens (primary N) is 1. The Morgan fingerprint density at radius 1 is 1.62 bits per heavy atom. The van der Waals surface area contributed by atoms with Gasteiger partial charge in [0, 0.05) is 18.0 Å². The third kappa shape index (κ3) is 2.99. The standard InChI is InChI=1S/C10H20N2O/c1-9(2)5-7(9)8(13)12-6-10(3,4)11/h7H,5-6,11H2,1-4H3,(H,12,13). The molecule has 1 atom stereocenters. The van der Waals surface area contributed by atoms with Crippen LogP contribution in [0.2, 0.25) is 0 Å². The van der Waals surface area contributed by atoms with E-state index < -0.39 is 0 Å². The summed E-state index contributed by atoms with van der Waals surface area (Å²) in [5.74, 6) is 0.360. The molecule has 0 aromatic rings. The summed E-state index contributed by atoms with van der Waals surface area (Å²) >= 11 is 0. The highest BCUT2D eigenvalue weighted by Gasteiger charge is 2.50. The lowest BCUT2D eigenvalue weighted by atomic mass is 10.1. The minimum absolute atomic E-state index is 0.156. The van der Waals surface area contributed by atoms with Crippen molar-refractivity contribution < 1.29 is 4.79 Å². The maximum absolute atomic E-state index is 11.5. The monoisotopic (exact) mass is 184 g/mol. The van der Waals surface area contributed by atoms with Crippen molar-refractivity contribution in [1.29, 1.82) is 0 Å². The van der Waals surface area contributed by atoms with Gasteiger partial charge in [0.1, 0.15) is 0 Å². The summed E-state index contributed by atoms with van der Waals surface area (Å²) in [6.45, 7) is 8.60. The van der Waals surface area contributed by atoms with Crippen molar-refractivity contribution in [2.75, 3.05) is 6.54 Å². The lowest BCUT2D eigenvalue weighted by molar-refractivity contribution is -0.123. The van der Waals surface area contributed by atoms with Gasteiger partial charge >= 0.3 is 0 Å². The first kappa shape index (κ1) is 10.5. The summed E-state index contributed by atoms with van der Waals surface area (Å²) in [5, 5.41) is 2.88. The van der Waals surface area contributed by atoms with Gasteiger partial charge in [-0.1, -0.05) is 13.8 Å². The van der Waals surface area contributed by atoms with Crippen molar-refractivity contribution in [3.8, 4) is 0 Å². The molecule has 0 saturated heterocycles. The van der Waals surface area contributed by atoms with E-state index in [9.17, 15) is 4.79 Å². The molecule has 1 rings (SSSR count). The molecule has 0 spiro atoms. The predicted octanol–water partition coefficient (Wildman–Crippen LogP) is 0.886. The number of nitrogens with one attached hydrogen (secondary N) is 1. The molecule has 0 bridgehead atoms. The summed E-state index contributed by atoms with van der Waals surface area (Å²) in [7, 11) is 0. The molecule has 0 aromatic carbocycles. The molecule has 0 heterocycles. The fraction of sp³-hybridized carbons (Fsp3) is 0.900. The first-order valence-corrected chi connectivity index (χ1v) is 4.79. The van der Waals surface area contributed by atoms with Gasteiger partial charge in [-0.05, 0) is 25.7 Å². The molecule has 3 heteroatoms. The zero-order valence-electron chi connectivity index (χ0n) is 8.98. The van der Waals surface area contributed by atoms with Crippen molar-refractivity contribution in [3.63, 3.8) is 0 Å². The summed E-state index contributed by atoms with van der Waals surface area (Å²) in [6, 6.07) is 0. The topological polar surface area (TPSA) is 55.1 Å². The van der Waals surface area contributed by atoms with E-state index in [-0.39, 0.29) is 22.8 Å². The van der Waals surface area contributed by atoms with E-state index in [4.69, 9.17) is 5.73 Å². The Hall–Kier alpha value is -0.570. The molecule has 0 radical (unpaired) electrons. The van der Waals surface area contributed by atoms with Crippen molar-refractivity contribution in [1.82, 2.24) is 5.32 Å². The number of carbonyl (C=O) groups is 1. The number of hydrogen-bond donors (Lipinski definition) is 2. The van der Waals surface area contributed by atoms with Crippen LogP contribution in [0.15, 0.2) is 0 Å². The van der Waals surface area contributed by atoms with Crippen LogP contribution in [-0.4, -0.2) is 18.0 Å². The van der Waals surface area contributed by atoms with E-state index in [0.29, 0.717) is 6.54 Å². The molecule has 1 saturated carbocycles. The van der Waals surface area contributed by atoms with E-state index in [2.05, 4.69) is 19.2 Å². The number of carbonyl (C=O) groups excluding carboxylic acids is 1. The zero-order valence-corrected chi connectivity index (χ0v) is 8.98. The van der Waals surface area contributed by atoms with Gasteiger partial charge < -0.3 is 11.1 Å². The number of rotatable bonds is 3. The average Bonchev–Trinajstić information content (AvgIpc) is 2.53. The van der Waals surface area contributed by atoms with Crippen molar-refractivity contribution >= 4 is 5.91 Å². The molecule has 1 aliphatic carbocycles. The van der Waals surface area contributed by atoms with Crippen molar-refractivity contribution in [3.05, 3.63) is 0 Å². The Morgan fingerprint density at radius 3 is 2.38 bits per heavy atom. The third-order valence-corrected chi connectivity index (χ3v) is 2.55. The average molecular weight is 184 g/mol. The van der Waals surface area contributed by atoms with Crippen LogP contribution in [0.4, 0.5) is 0 Å². The maximum Gasteiger partial charge on any atom is 0.223 e. The Morgan fingerprint density at radius 2 is 2.08 bits per heavy atom. The van der Waals surface area contributed by atoms with Crippen molar-refractivity contribution in [2.24, 2.45) is 17.1 Å². The highest BCUT2D eigenvalue weighted by molar-refractivity contribution is 5.82. The molecule has 3 N–H and O–H groups in total. The summed E-state index contributed by atoms with van der Waals surface area (Å²) in [6.07, 6.45) is 1.00. The van der Waals surface area contributed by atoms with E-state index in [1.807, 2.05) is 13.8 Å². The van der Waals surface area contributed by atoms with Crippen LogP contribution in [0.25, 0.3) is 0 Å². The second kappa shape index (κ2) is 2.98. The normalized spacial score (nSPS) is 25.5. The lowest BCUT2D eigenvalue weighted by Crippen LogP contribution is -2.45. The molecule has 3 nitrogen and oxygen atoms in total. The summed E-state index contributed by atoms with van der Waals surface area (Å²) in [4.78, 5) is 11.5. The van der Waals surface area contributed by atoms with Crippen molar-refractivity contribution in [2.45, 2.75) is 39.7 Å². The van der Waals surface area contributed by atoms with Crippen LogP contribution in [0.1, 0.15) is 34.1 Å². The number of hydrogen-bond acceptors (Lipinski definition) is 2. The van der Waals surface area contributed by atoms with E-state index in [1.165, 1.54) is 0 Å². The maximum atomic E-state index is 11.5. The largest absolute Gasteiger partial charge is 0.354 e. The van der Waals surface area contributed by atoms with Crippen LogP contribution in [0, 0.1) is 11.3 Å². The molecule has 1 fully saturated rings. The van der Waals surface area contributed by atoms with Gasteiger partial charge in [-0.2, -0.15) is 0 Å². The quantitative estimate of drug-likeness (QED) is 0.684. The van der Waals surface area contributed by atoms with Crippen LogP contribution in [0.3, 0.4) is 0 Å². The Labute approximate surface area is 80.1 Å². The van der Waals surface area contributed by atoms with Gasteiger partial charge in [0.25, 0.3) is 0 Å². The fourth-order valence-electron chi connectivity index (χ4n) is 1.35. The summed E-state index contributed by atoms with van der Waals surface area (Å²) in [5.41, 5.74) is 5.66. The minimum atomic E-state index is -0.311. The van der Waals surface area contributed by atoms with E-state index >= 15 is 0 Å². The number of amides is 1. The first-order chi connectivity index (χ1) is 5.72.